The Morgan fingerprint density at radius 2 is 2.30 bits per heavy atom. The number of aromatic nitrogens is 2. The van der Waals surface area contributed by atoms with E-state index in [0.29, 0.717) is 18.4 Å². The number of benzene rings is 1. The molecule has 3 rings (SSSR count). The number of anilines is 1. The summed E-state index contributed by atoms with van der Waals surface area (Å²) in [4.78, 5) is 22.5. The van der Waals surface area contributed by atoms with E-state index >= 15 is 0 Å². The number of hydrogen-bond acceptors (Lipinski definition) is 4. The van der Waals surface area contributed by atoms with Gasteiger partial charge in [0.1, 0.15) is 18.0 Å². The molecule has 122 valence electrons. The van der Waals surface area contributed by atoms with Crippen LogP contribution in [0.4, 0.5) is 10.2 Å². The molecule has 6 heteroatoms. The van der Waals surface area contributed by atoms with Crippen molar-refractivity contribution in [1.29, 1.82) is 0 Å². The van der Waals surface area contributed by atoms with Crippen molar-refractivity contribution in [2.24, 2.45) is 0 Å². The van der Waals surface area contributed by atoms with Gasteiger partial charge < -0.3 is 10.2 Å². The number of nitrogens with zero attached hydrogens (tertiary/aromatic N) is 3. The highest BCUT2D eigenvalue weighted by Crippen LogP contribution is 2.26. The highest BCUT2D eigenvalue weighted by atomic mass is 19.1. The molecule has 0 unspecified atom stereocenters. The van der Waals surface area contributed by atoms with E-state index in [-0.39, 0.29) is 17.8 Å². The molecule has 5 nitrogen and oxygen atoms in total. The number of hydrogen-bond donors (Lipinski definition) is 1. The van der Waals surface area contributed by atoms with E-state index in [0.717, 1.165) is 37.1 Å². The number of piperidine rings is 1. The second-order valence-corrected chi connectivity index (χ2v) is 5.96. The molecule has 2 aromatic rings. The van der Waals surface area contributed by atoms with Gasteiger partial charge in [-0.05, 0) is 37.5 Å². The molecular formula is C17H21FN4O. The van der Waals surface area contributed by atoms with Crippen molar-refractivity contribution < 1.29 is 9.18 Å². The van der Waals surface area contributed by atoms with Gasteiger partial charge in [0.05, 0.1) is 5.52 Å². The van der Waals surface area contributed by atoms with E-state index in [4.69, 9.17) is 0 Å². The molecule has 0 saturated carbocycles. The lowest BCUT2D eigenvalue weighted by molar-refractivity contribution is -0.121. The SMILES string of the molecule is CCCC(=O)N[C@H]1CCCN(c2ncnc3ccc(F)cc23)C1. The van der Waals surface area contributed by atoms with Crippen LogP contribution >= 0.6 is 0 Å². The number of halogens is 1. The minimum absolute atomic E-state index is 0.0953. The molecular weight excluding hydrogens is 295 g/mol. The Balaban J connectivity index is 1.81. The quantitative estimate of drug-likeness (QED) is 0.942. The fraction of sp³-hybridized carbons (Fsp3) is 0.471. The summed E-state index contributed by atoms with van der Waals surface area (Å²) >= 11 is 0. The summed E-state index contributed by atoms with van der Waals surface area (Å²) in [6.07, 6.45) is 4.84. The number of fused-ring (bicyclic) bond motifs is 1. The van der Waals surface area contributed by atoms with Crippen molar-refractivity contribution in [2.75, 3.05) is 18.0 Å². The summed E-state index contributed by atoms with van der Waals surface area (Å²) in [7, 11) is 0. The third-order valence-electron chi connectivity index (χ3n) is 4.14. The minimum atomic E-state index is -0.293. The first-order valence-corrected chi connectivity index (χ1v) is 8.12. The Labute approximate surface area is 134 Å². The smallest absolute Gasteiger partial charge is 0.220 e. The topological polar surface area (TPSA) is 58.1 Å². The van der Waals surface area contributed by atoms with E-state index in [1.54, 1.807) is 6.07 Å². The van der Waals surface area contributed by atoms with E-state index in [9.17, 15) is 9.18 Å². The first-order valence-electron chi connectivity index (χ1n) is 8.12. The Hall–Kier alpha value is -2.24. The number of carbonyl (C=O) groups excluding carboxylic acids is 1. The van der Waals surface area contributed by atoms with Crippen LogP contribution in [0.25, 0.3) is 10.9 Å². The zero-order valence-electron chi connectivity index (χ0n) is 13.3. The molecule has 1 amide bonds. The summed E-state index contributed by atoms with van der Waals surface area (Å²) in [5, 5.41) is 3.80. The second kappa shape index (κ2) is 6.89. The molecule has 0 aliphatic carbocycles. The van der Waals surface area contributed by atoms with Gasteiger partial charge in [-0.2, -0.15) is 0 Å². The molecule has 1 aliphatic rings. The summed E-state index contributed by atoms with van der Waals surface area (Å²) in [5.41, 5.74) is 0.730. The maximum atomic E-state index is 13.6. The zero-order valence-corrected chi connectivity index (χ0v) is 13.3. The fourth-order valence-electron chi connectivity index (χ4n) is 3.08. The van der Waals surface area contributed by atoms with Crippen LogP contribution in [-0.2, 0) is 4.79 Å². The zero-order chi connectivity index (χ0) is 16.2. The Morgan fingerprint density at radius 3 is 3.13 bits per heavy atom. The maximum Gasteiger partial charge on any atom is 0.220 e. The molecule has 1 aromatic carbocycles. The minimum Gasteiger partial charge on any atom is -0.354 e. The number of nitrogens with one attached hydrogen (secondary N) is 1. The molecule has 0 bridgehead atoms. The second-order valence-electron chi connectivity index (χ2n) is 5.96. The first-order chi connectivity index (χ1) is 11.2. The molecule has 1 saturated heterocycles. The average molecular weight is 316 g/mol. The molecule has 1 fully saturated rings. The Morgan fingerprint density at radius 1 is 1.43 bits per heavy atom. The average Bonchev–Trinajstić information content (AvgIpc) is 2.54. The molecule has 1 aromatic heterocycles. The summed E-state index contributed by atoms with van der Waals surface area (Å²) in [6, 6.07) is 4.66. The number of amides is 1. The van der Waals surface area contributed by atoms with Gasteiger partial charge in [0.2, 0.25) is 5.91 Å². The highest BCUT2D eigenvalue weighted by molar-refractivity contribution is 5.89. The van der Waals surface area contributed by atoms with Crippen molar-refractivity contribution in [3.05, 3.63) is 30.3 Å². The van der Waals surface area contributed by atoms with Crippen LogP contribution in [-0.4, -0.2) is 35.0 Å². The van der Waals surface area contributed by atoms with E-state index in [2.05, 4.69) is 20.2 Å². The predicted octanol–water partition coefficient (Wildman–Crippen LogP) is 2.65. The standard InChI is InChI=1S/C17H21FN4O/c1-2-4-16(23)21-13-5-3-8-22(10-13)17-14-9-12(18)6-7-15(14)19-11-20-17/h6-7,9,11,13H,2-5,8,10H2,1H3,(H,21,23)/t13-/m0/s1. The molecule has 1 N–H and O–H groups in total. The van der Waals surface area contributed by atoms with Gasteiger partial charge in [0.15, 0.2) is 0 Å². The lowest BCUT2D eigenvalue weighted by atomic mass is 10.0. The van der Waals surface area contributed by atoms with Gasteiger partial charge in [0.25, 0.3) is 0 Å². The highest BCUT2D eigenvalue weighted by Gasteiger charge is 2.23. The van der Waals surface area contributed by atoms with Gasteiger partial charge >= 0.3 is 0 Å². The molecule has 0 radical (unpaired) electrons. The van der Waals surface area contributed by atoms with E-state index in [1.807, 2.05) is 6.92 Å². The predicted molar refractivity (Wildman–Crippen MR) is 87.8 cm³/mol. The third kappa shape index (κ3) is 3.57. The normalized spacial score (nSPS) is 18.2. The van der Waals surface area contributed by atoms with Gasteiger partial charge in [-0.15, -0.1) is 0 Å². The first kappa shape index (κ1) is 15.6. The Bertz CT molecular complexity index is 706. The van der Waals surface area contributed by atoms with Gasteiger partial charge in [-0.3, -0.25) is 4.79 Å². The third-order valence-corrected chi connectivity index (χ3v) is 4.14. The van der Waals surface area contributed by atoms with Crippen LogP contribution < -0.4 is 10.2 Å². The van der Waals surface area contributed by atoms with Gasteiger partial charge in [-0.25, -0.2) is 14.4 Å². The van der Waals surface area contributed by atoms with Gasteiger partial charge in [-0.1, -0.05) is 6.92 Å². The lowest BCUT2D eigenvalue weighted by Crippen LogP contribution is -2.48. The number of rotatable bonds is 4. The molecule has 2 heterocycles. The van der Waals surface area contributed by atoms with E-state index < -0.39 is 0 Å². The van der Waals surface area contributed by atoms with Crippen LogP contribution in [0.15, 0.2) is 24.5 Å². The lowest BCUT2D eigenvalue weighted by Gasteiger charge is -2.34. The molecule has 0 spiro atoms. The van der Waals surface area contributed by atoms with Crippen LogP contribution in [0.3, 0.4) is 0 Å². The van der Waals surface area contributed by atoms with E-state index in [1.165, 1.54) is 18.5 Å². The van der Waals surface area contributed by atoms with Crippen molar-refractivity contribution >= 4 is 22.6 Å². The van der Waals surface area contributed by atoms with Crippen LogP contribution in [0.5, 0.6) is 0 Å². The monoisotopic (exact) mass is 316 g/mol. The maximum absolute atomic E-state index is 13.6. The summed E-state index contributed by atoms with van der Waals surface area (Å²) in [6.45, 7) is 3.54. The van der Waals surface area contributed by atoms with Crippen molar-refractivity contribution in [3.63, 3.8) is 0 Å². The van der Waals surface area contributed by atoms with Crippen LogP contribution in [0.2, 0.25) is 0 Å². The number of carbonyl (C=O) groups is 1. The fourth-order valence-corrected chi connectivity index (χ4v) is 3.08. The van der Waals surface area contributed by atoms with Crippen molar-refractivity contribution in [2.45, 2.75) is 38.6 Å². The van der Waals surface area contributed by atoms with Crippen molar-refractivity contribution in [3.8, 4) is 0 Å². The molecule has 1 atom stereocenters. The largest absolute Gasteiger partial charge is 0.354 e. The van der Waals surface area contributed by atoms with Gasteiger partial charge in [0, 0.05) is 30.9 Å². The van der Waals surface area contributed by atoms with Crippen LogP contribution in [0, 0.1) is 5.82 Å². The summed E-state index contributed by atoms with van der Waals surface area (Å²) in [5.74, 6) is 0.542. The molecule has 1 aliphatic heterocycles. The molecule has 23 heavy (non-hydrogen) atoms. The Kier molecular flexibility index (Phi) is 4.69. The van der Waals surface area contributed by atoms with Crippen LogP contribution in [0.1, 0.15) is 32.6 Å². The van der Waals surface area contributed by atoms with Crippen molar-refractivity contribution in [1.82, 2.24) is 15.3 Å². The summed E-state index contributed by atoms with van der Waals surface area (Å²) < 4.78 is 13.6.